The van der Waals surface area contributed by atoms with Gasteiger partial charge in [-0.05, 0) is 6.07 Å². The topological polar surface area (TPSA) is 79.4 Å². The Bertz CT molecular complexity index is 693. The summed E-state index contributed by atoms with van der Waals surface area (Å²) in [6.07, 6.45) is 0.667. The summed E-state index contributed by atoms with van der Waals surface area (Å²) in [6, 6.07) is 7.75. The van der Waals surface area contributed by atoms with Gasteiger partial charge in [-0.2, -0.15) is 0 Å². The van der Waals surface area contributed by atoms with Crippen LogP contribution in [-0.4, -0.2) is 29.2 Å². The van der Waals surface area contributed by atoms with Crippen LogP contribution in [0, 0.1) is 0 Å². The molecule has 1 aliphatic rings. The first-order valence-electron chi connectivity index (χ1n) is 6.84. The van der Waals surface area contributed by atoms with Crippen LogP contribution in [0.3, 0.4) is 0 Å². The Kier molecular flexibility index (Phi) is 3.29. The van der Waals surface area contributed by atoms with E-state index in [2.05, 4.69) is 4.98 Å². The number of fused-ring (bicyclic) bond motifs is 1. The lowest BCUT2D eigenvalue weighted by Gasteiger charge is -2.15. The highest BCUT2D eigenvalue weighted by molar-refractivity contribution is 5.92. The highest BCUT2D eigenvalue weighted by Gasteiger charge is 2.31. The van der Waals surface area contributed by atoms with Crippen LogP contribution in [-0.2, 0) is 11.2 Å². The first-order chi connectivity index (χ1) is 10.2. The molecule has 0 aliphatic carbocycles. The summed E-state index contributed by atoms with van der Waals surface area (Å²) in [5, 5.41) is 0. The number of methoxy groups -OCH3 is 1. The summed E-state index contributed by atoms with van der Waals surface area (Å²) in [5.74, 6) is 1.40. The van der Waals surface area contributed by atoms with Gasteiger partial charge in [0.2, 0.25) is 0 Å². The zero-order valence-corrected chi connectivity index (χ0v) is 12.0. The molecule has 0 spiro atoms. The van der Waals surface area contributed by atoms with Crippen molar-refractivity contribution in [2.45, 2.75) is 19.4 Å². The third-order valence-electron chi connectivity index (χ3n) is 3.70. The van der Waals surface area contributed by atoms with Crippen molar-refractivity contribution in [3.8, 4) is 5.75 Å². The Balaban J connectivity index is 2.11. The molecule has 2 aromatic rings. The standard InChI is InChI=1S/C15H17N3O3/c1-3-12-17-13(15(19)20-2)14(16)18(12)10-8-21-11-7-5-4-6-9(10)11/h4-7,10H,3,8,16H2,1-2H3. The third kappa shape index (κ3) is 2.03. The van der Waals surface area contributed by atoms with Crippen molar-refractivity contribution < 1.29 is 14.3 Å². The lowest BCUT2D eigenvalue weighted by Crippen LogP contribution is -2.17. The van der Waals surface area contributed by atoms with Gasteiger partial charge in [0.15, 0.2) is 5.69 Å². The summed E-state index contributed by atoms with van der Waals surface area (Å²) in [6.45, 7) is 2.45. The maximum atomic E-state index is 11.8. The van der Waals surface area contributed by atoms with Gasteiger partial charge in [-0.1, -0.05) is 25.1 Å². The molecule has 1 aromatic heterocycles. The van der Waals surface area contributed by atoms with Gasteiger partial charge in [-0.3, -0.25) is 0 Å². The first-order valence-corrected chi connectivity index (χ1v) is 6.84. The molecule has 0 fully saturated rings. The zero-order chi connectivity index (χ0) is 15.0. The Morgan fingerprint density at radius 2 is 2.29 bits per heavy atom. The largest absolute Gasteiger partial charge is 0.491 e. The Labute approximate surface area is 122 Å². The molecular formula is C15H17N3O3. The Morgan fingerprint density at radius 3 is 3.00 bits per heavy atom. The van der Waals surface area contributed by atoms with Crippen molar-refractivity contribution in [2.75, 3.05) is 19.5 Å². The van der Waals surface area contributed by atoms with Gasteiger partial charge >= 0.3 is 5.97 Å². The highest BCUT2D eigenvalue weighted by Crippen LogP contribution is 2.37. The Morgan fingerprint density at radius 1 is 1.52 bits per heavy atom. The van der Waals surface area contributed by atoms with Gasteiger partial charge in [0.25, 0.3) is 0 Å². The fourth-order valence-electron chi connectivity index (χ4n) is 2.70. The number of aryl methyl sites for hydroxylation is 1. The predicted molar refractivity (Wildman–Crippen MR) is 77.4 cm³/mol. The minimum absolute atomic E-state index is 0.0675. The highest BCUT2D eigenvalue weighted by atomic mass is 16.5. The van der Waals surface area contributed by atoms with Crippen LogP contribution in [0.1, 0.15) is 34.8 Å². The second-order valence-corrected chi connectivity index (χ2v) is 4.84. The summed E-state index contributed by atoms with van der Waals surface area (Å²) < 4.78 is 12.3. The number of esters is 1. The van der Waals surface area contributed by atoms with E-state index in [0.717, 1.165) is 17.1 Å². The normalized spacial score (nSPS) is 16.4. The van der Waals surface area contributed by atoms with Crippen LogP contribution in [0.25, 0.3) is 0 Å². The second-order valence-electron chi connectivity index (χ2n) is 4.84. The number of nitrogens with two attached hydrogens (primary N) is 1. The zero-order valence-electron chi connectivity index (χ0n) is 12.0. The number of imidazole rings is 1. The summed E-state index contributed by atoms with van der Waals surface area (Å²) >= 11 is 0. The van der Waals surface area contributed by atoms with Gasteiger partial charge in [0.05, 0.1) is 13.2 Å². The van der Waals surface area contributed by atoms with Crippen molar-refractivity contribution in [3.05, 3.63) is 41.3 Å². The number of hydrogen-bond donors (Lipinski definition) is 1. The molecule has 6 nitrogen and oxygen atoms in total. The summed E-state index contributed by atoms with van der Waals surface area (Å²) in [4.78, 5) is 16.1. The van der Waals surface area contributed by atoms with Crippen LogP contribution in [0.15, 0.2) is 24.3 Å². The number of nitrogens with zero attached hydrogens (tertiary/aromatic N) is 2. The van der Waals surface area contributed by atoms with Gasteiger partial charge in [-0.25, -0.2) is 9.78 Å². The van der Waals surface area contributed by atoms with Crippen LogP contribution in [0.2, 0.25) is 0 Å². The van der Waals surface area contributed by atoms with Crippen LogP contribution >= 0.6 is 0 Å². The van der Waals surface area contributed by atoms with E-state index in [0.29, 0.717) is 18.8 Å². The molecule has 0 saturated heterocycles. The molecular weight excluding hydrogens is 270 g/mol. The van der Waals surface area contributed by atoms with Crippen molar-refractivity contribution in [2.24, 2.45) is 0 Å². The maximum absolute atomic E-state index is 11.8. The van der Waals surface area contributed by atoms with Crippen molar-refractivity contribution in [1.82, 2.24) is 9.55 Å². The number of ether oxygens (including phenoxy) is 2. The summed E-state index contributed by atoms with van der Waals surface area (Å²) in [5.41, 5.74) is 7.35. The lowest BCUT2D eigenvalue weighted by molar-refractivity contribution is 0.0595. The van der Waals surface area contributed by atoms with E-state index in [-0.39, 0.29) is 11.7 Å². The molecule has 1 unspecified atom stereocenters. The molecule has 2 N–H and O–H groups in total. The molecule has 0 bridgehead atoms. The van der Waals surface area contributed by atoms with E-state index in [4.69, 9.17) is 15.2 Å². The number of anilines is 1. The van der Waals surface area contributed by atoms with E-state index in [1.807, 2.05) is 35.8 Å². The number of benzene rings is 1. The van der Waals surface area contributed by atoms with Gasteiger partial charge in [0, 0.05) is 12.0 Å². The molecule has 110 valence electrons. The SMILES string of the molecule is CCc1nc(C(=O)OC)c(N)n1C1COc2ccccc21. The number of carbonyl (C=O) groups excluding carboxylic acids is 1. The lowest BCUT2D eigenvalue weighted by atomic mass is 10.1. The predicted octanol–water partition coefficient (Wildman–Crippen LogP) is 1.80. The average Bonchev–Trinajstić information content (AvgIpc) is 3.07. The molecule has 21 heavy (non-hydrogen) atoms. The van der Waals surface area contributed by atoms with E-state index in [1.165, 1.54) is 7.11 Å². The molecule has 1 aliphatic heterocycles. The number of rotatable bonds is 3. The molecule has 6 heteroatoms. The van der Waals surface area contributed by atoms with Crippen LogP contribution in [0.5, 0.6) is 5.75 Å². The number of para-hydroxylation sites is 1. The van der Waals surface area contributed by atoms with Crippen molar-refractivity contribution in [3.63, 3.8) is 0 Å². The number of aromatic nitrogens is 2. The average molecular weight is 287 g/mol. The van der Waals surface area contributed by atoms with Gasteiger partial charge in [-0.15, -0.1) is 0 Å². The van der Waals surface area contributed by atoms with Gasteiger partial charge < -0.3 is 19.8 Å². The number of carbonyl (C=O) groups is 1. The minimum Gasteiger partial charge on any atom is -0.491 e. The molecule has 1 atom stereocenters. The van der Waals surface area contributed by atoms with Crippen molar-refractivity contribution >= 4 is 11.8 Å². The Hall–Kier alpha value is -2.50. The molecule has 0 amide bonds. The van der Waals surface area contributed by atoms with Crippen molar-refractivity contribution in [1.29, 1.82) is 0 Å². The minimum atomic E-state index is -0.520. The molecule has 1 aromatic carbocycles. The summed E-state index contributed by atoms with van der Waals surface area (Å²) in [7, 11) is 1.32. The second kappa shape index (κ2) is 5.12. The van der Waals surface area contributed by atoms with Crippen LogP contribution in [0.4, 0.5) is 5.82 Å². The third-order valence-corrected chi connectivity index (χ3v) is 3.70. The smallest absolute Gasteiger partial charge is 0.360 e. The molecule has 2 heterocycles. The fraction of sp³-hybridized carbons (Fsp3) is 0.333. The monoisotopic (exact) mass is 287 g/mol. The van der Waals surface area contributed by atoms with E-state index in [1.54, 1.807) is 0 Å². The first kappa shape index (κ1) is 13.5. The molecule has 0 saturated carbocycles. The maximum Gasteiger partial charge on any atom is 0.360 e. The quantitative estimate of drug-likeness (QED) is 0.871. The van der Waals surface area contributed by atoms with Crippen LogP contribution < -0.4 is 10.5 Å². The molecule has 0 radical (unpaired) electrons. The molecule has 3 rings (SSSR count). The fourth-order valence-corrected chi connectivity index (χ4v) is 2.70. The van der Waals surface area contributed by atoms with E-state index < -0.39 is 5.97 Å². The van der Waals surface area contributed by atoms with Gasteiger partial charge in [0.1, 0.15) is 24.0 Å². The number of hydrogen-bond acceptors (Lipinski definition) is 5. The van der Waals surface area contributed by atoms with E-state index in [9.17, 15) is 4.79 Å². The van der Waals surface area contributed by atoms with E-state index >= 15 is 0 Å². The number of nitrogen functional groups attached to an aromatic ring is 1.